The molecule has 17 heavy (non-hydrogen) atoms. The normalized spacial score (nSPS) is 10.8. The van der Waals surface area contributed by atoms with E-state index in [4.69, 9.17) is 4.74 Å². The average molecular weight is 293 g/mol. The number of halogens is 1. The Kier molecular flexibility index (Phi) is 3.48. The van der Waals surface area contributed by atoms with Crippen LogP contribution in [0, 0.1) is 0 Å². The van der Waals surface area contributed by atoms with E-state index in [2.05, 4.69) is 15.9 Å². The van der Waals surface area contributed by atoms with Crippen molar-refractivity contribution in [3.63, 3.8) is 0 Å². The number of ether oxygens (including phenoxy) is 1. The Hall–Kier alpha value is -1.35. The van der Waals surface area contributed by atoms with Gasteiger partial charge in [-0.3, -0.25) is 0 Å². The van der Waals surface area contributed by atoms with Gasteiger partial charge in [0.05, 0.1) is 11.7 Å². The van der Waals surface area contributed by atoms with Crippen molar-refractivity contribution in [2.45, 2.75) is 20.0 Å². The van der Waals surface area contributed by atoms with Crippen LogP contribution in [0.4, 0.5) is 0 Å². The molecule has 2 aromatic rings. The van der Waals surface area contributed by atoms with Gasteiger partial charge in [-0.2, -0.15) is 0 Å². The molecule has 0 saturated heterocycles. The van der Waals surface area contributed by atoms with Gasteiger partial charge in [-0.1, -0.05) is 24.3 Å². The molecule has 88 valence electrons. The third-order valence-electron chi connectivity index (χ3n) is 2.40. The lowest BCUT2D eigenvalue weighted by atomic mass is 10.1. The molecule has 0 bridgehead atoms. The van der Waals surface area contributed by atoms with Crippen LogP contribution in [0.2, 0.25) is 0 Å². The van der Waals surface area contributed by atoms with Gasteiger partial charge in [-0.05, 0) is 52.7 Å². The monoisotopic (exact) mass is 292 g/mol. The third-order valence-corrected chi connectivity index (χ3v) is 3.05. The average Bonchev–Trinajstić information content (AvgIpc) is 2.27. The van der Waals surface area contributed by atoms with Crippen molar-refractivity contribution in [1.82, 2.24) is 0 Å². The number of hydrogen-bond acceptors (Lipinski definition) is 2. The van der Waals surface area contributed by atoms with Crippen LogP contribution in [0.1, 0.15) is 24.2 Å². The number of benzene rings is 2. The van der Waals surface area contributed by atoms with Gasteiger partial charge in [-0.25, -0.2) is 4.79 Å². The lowest BCUT2D eigenvalue weighted by Crippen LogP contribution is -2.12. The molecule has 0 spiro atoms. The summed E-state index contributed by atoms with van der Waals surface area (Å²) in [5.74, 6) is -0.294. The summed E-state index contributed by atoms with van der Waals surface area (Å²) in [6.07, 6.45) is -0.110. The number of hydrogen-bond donors (Lipinski definition) is 0. The third kappa shape index (κ3) is 2.67. The molecule has 3 heteroatoms. The molecule has 0 unspecified atom stereocenters. The Morgan fingerprint density at radius 1 is 1.18 bits per heavy atom. The van der Waals surface area contributed by atoms with E-state index in [0.29, 0.717) is 5.56 Å². The van der Waals surface area contributed by atoms with E-state index in [9.17, 15) is 4.79 Å². The van der Waals surface area contributed by atoms with Gasteiger partial charge in [0.2, 0.25) is 0 Å². The molecule has 0 N–H and O–H groups in total. The second-order valence-corrected chi connectivity index (χ2v) is 4.99. The Balaban J connectivity index is 2.47. The van der Waals surface area contributed by atoms with E-state index in [1.165, 1.54) is 0 Å². The molecule has 0 aliphatic heterocycles. The Labute approximate surface area is 109 Å². The molecule has 0 aliphatic rings. The second-order valence-electron chi connectivity index (χ2n) is 4.13. The zero-order valence-electron chi connectivity index (χ0n) is 9.74. The number of fused-ring (bicyclic) bond motifs is 1. The predicted octanol–water partition coefficient (Wildman–Crippen LogP) is 4.17. The number of carbonyl (C=O) groups is 1. The van der Waals surface area contributed by atoms with E-state index in [1.807, 2.05) is 50.2 Å². The molecule has 2 nitrogen and oxygen atoms in total. The fraction of sp³-hybridized carbons (Fsp3) is 0.214. The van der Waals surface area contributed by atoms with Gasteiger partial charge in [-0.15, -0.1) is 0 Å². The van der Waals surface area contributed by atoms with Crippen LogP contribution in [0.3, 0.4) is 0 Å². The first kappa shape index (κ1) is 12.1. The quantitative estimate of drug-likeness (QED) is 0.777. The van der Waals surface area contributed by atoms with E-state index >= 15 is 0 Å². The minimum atomic E-state index is -0.294. The van der Waals surface area contributed by atoms with Crippen molar-refractivity contribution in [3.05, 3.63) is 46.4 Å². The minimum Gasteiger partial charge on any atom is -0.459 e. The molecule has 2 rings (SSSR count). The van der Waals surface area contributed by atoms with Crippen LogP contribution < -0.4 is 0 Å². The van der Waals surface area contributed by atoms with Gasteiger partial charge in [0.15, 0.2) is 0 Å². The van der Waals surface area contributed by atoms with Crippen molar-refractivity contribution in [2.75, 3.05) is 0 Å². The smallest absolute Gasteiger partial charge is 0.339 e. The first-order valence-corrected chi connectivity index (χ1v) is 6.26. The predicted molar refractivity (Wildman–Crippen MR) is 72.2 cm³/mol. The van der Waals surface area contributed by atoms with Gasteiger partial charge in [0, 0.05) is 4.47 Å². The van der Waals surface area contributed by atoms with Crippen molar-refractivity contribution >= 4 is 32.7 Å². The molecule has 0 aromatic heterocycles. The molecule has 0 fully saturated rings. The first-order valence-electron chi connectivity index (χ1n) is 5.47. The molecule has 0 aliphatic carbocycles. The summed E-state index contributed by atoms with van der Waals surface area (Å²) in [6.45, 7) is 3.68. The van der Waals surface area contributed by atoms with Crippen LogP contribution in [-0.2, 0) is 4.74 Å². The molecule has 0 radical (unpaired) electrons. The van der Waals surface area contributed by atoms with Crippen LogP contribution >= 0.6 is 15.9 Å². The first-order chi connectivity index (χ1) is 8.08. The van der Waals surface area contributed by atoms with Gasteiger partial charge < -0.3 is 4.74 Å². The number of rotatable bonds is 2. The summed E-state index contributed by atoms with van der Waals surface area (Å²) in [5.41, 5.74) is 0.567. The minimum absolute atomic E-state index is 0.110. The highest BCUT2D eigenvalue weighted by molar-refractivity contribution is 9.10. The highest BCUT2D eigenvalue weighted by Gasteiger charge is 2.13. The Morgan fingerprint density at radius 3 is 2.35 bits per heavy atom. The summed E-state index contributed by atoms with van der Waals surface area (Å²) in [7, 11) is 0. The zero-order chi connectivity index (χ0) is 12.4. The lowest BCUT2D eigenvalue weighted by Gasteiger charge is -2.10. The van der Waals surface area contributed by atoms with Gasteiger partial charge in [0.1, 0.15) is 0 Å². The largest absolute Gasteiger partial charge is 0.459 e. The van der Waals surface area contributed by atoms with Crippen LogP contribution in [-0.4, -0.2) is 12.1 Å². The molecule has 2 aromatic carbocycles. The SMILES string of the molecule is CC(C)OC(=O)c1cc2ccccc2cc1Br. The number of esters is 1. The Morgan fingerprint density at radius 2 is 1.76 bits per heavy atom. The van der Waals surface area contributed by atoms with Crippen LogP contribution in [0.5, 0.6) is 0 Å². The Bertz CT molecular complexity index is 561. The summed E-state index contributed by atoms with van der Waals surface area (Å²) < 4.78 is 5.96. The maximum Gasteiger partial charge on any atom is 0.339 e. The molecule has 0 atom stereocenters. The van der Waals surface area contributed by atoms with Crippen molar-refractivity contribution < 1.29 is 9.53 Å². The summed E-state index contributed by atoms with van der Waals surface area (Å²) in [4.78, 5) is 11.9. The highest BCUT2D eigenvalue weighted by atomic mass is 79.9. The van der Waals surface area contributed by atoms with Crippen LogP contribution in [0.25, 0.3) is 10.8 Å². The van der Waals surface area contributed by atoms with Gasteiger partial charge in [0.25, 0.3) is 0 Å². The molecular weight excluding hydrogens is 280 g/mol. The maximum atomic E-state index is 11.9. The van der Waals surface area contributed by atoms with Crippen molar-refractivity contribution in [3.8, 4) is 0 Å². The fourth-order valence-electron chi connectivity index (χ4n) is 1.65. The lowest BCUT2D eigenvalue weighted by molar-refractivity contribution is 0.0377. The molecule has 0 saturated carbocycles. The molecular formula is C14H13BrO2. The standard InChI is InChI=1S/C14H13BrO2/c1-9(2)17-14(16)12-7-10-5-3-4-6-11(10)8-13(12)15/h3-9H,1-2H3. The summed E-state index contributed by atoms with van der Waals surface area (Å²) in [5, 5.41) is 2.13. The molecule has 0 heterocycles. The summed E-state index contributed by atoms with van der Waals surface area (Å²) in [6, 6.07) is 11.7. The van der Waals surface area contributed by atoms with E-state index in [0.717, 1.165) is 15.2 Å². The molecule has 0 amide bonds. The second kappa shape index (κ2) is 4.88. The van der Waals surface area contributed by atoms with E-state index in [1.54, 1.807) is 0 Å². The maximum absolute atomic E-state index is 11.9. The van der Waals surface area contributed by atoms with Crippen molar-refractivity contribution in [2.24, 2.45) is 0 Å². The zero-order valence-corrected chi connectivity index (χ0v) is 11.3. The highest BCUT2D eigenvalue weighted by Crippen LogP contribution is 2.25. The van der Waals surface area contributed by atoms with Crippen LogP contribution in [0.15, 0.2) is 40.9 Å². The van der Waals surface area contributed by atoms with E-state index < -0.39 is 0 Å². The van der Waals surface area contributed by atoms with E-state index in [-0.39, 0.29) is 12.1 Å². The number of carbonyl (C=O) groups excluding carboxylic acids is 1. The summed E-state index contributed by atoms with van der Waals surface area (Å²) >= 11 is 3.41. The van der Waals surface area contributed by atoms with Gasteiger partial charge >= 0.3 is 5.97 Å². The topological polar surface area (TPSA) is 26.3 Å². The van der Waals surface area contributed by atoms with Crippen molar-refractivity contribution in [1.29, 1.82) is 0 Å². The fourth-order valence-corrected chi connectivity index (χ4v) is 2.17.